The zero-order chi connectivity index (χ0) is 29.3. The first-order valence-corrected chi connectivity index (χ1v) is 15.1. The molecule has 0 aliphatic carbocycles. The number of nitrogens with zero attached hydrogens (tertiary/aromatic N) is 5. The van der Waals surface area contributed by atoms with Crippen LogP contribution in [0.1, 0.15) is 24.2 Å². The van der Waals surface area contributed by atoms with Gasteiger partial charge in [-0.05, 0) is 67.3 Å². The molecule has 1 atom stereocenters. The molecule has 0 bridgehead atoms. The number of aliphatic imine (C=N–C) groups is 1. The average molecular weight is 568 g/mol. The number of pyridine rings is 4. The Morgan fingerprint density at radius 3 is 2.36 bits per heavy atom. The lowest BCUT2D eigenvalue weighted by Crippen LogP contribution is -2.14. The number of hydrogen-bond acceptors (Lipinski definition) is 5. The molecule has 0 saturated carbocycles. The lowest BCUT2D eigenvalue weighted by Gasteiger charge is -2.16. The highest BCUT2D eigenvalue weighted by molar-refractivity contribution is 6.16. The van der Waals surface area contributed by atoms with Crippen molar-refractivity contribution in [1.29, 1.82) is 0 Å². The van der Waals surface area contributed by atoms with E-state index in [4.69, 9.17) is 19.9 Å². The van der Waals surface area contributed by atoms with Gasteiger partial charge in [0, 0.05) is 45.4 Å². The molecular formula is C39H29N5. The second kappa shape index (κ2) is 11.3. The first kappa shape index (κ1) is 26.1. The number of para-hydroxylation sites is 1. The van der Waals surface area contributed by atoms with Gasteiger partial charge in [0.25, 0.3) is 0 Å². The summed E-state index contributed by atoms with van der Waals surface area (Å²) in [4.78, 5) is 24.5. The van der Waals surface area contributed by atoms with E-state index in [2.05, 4.69) is 102 Å². The van der Waals surface area contributed by atoms with E-state index in [0.717, 1.165) is 80.3 Å². The van der Waals surface area contributed by atoms with E-state index < -0.39 is 0 Å². The van der Waals surface area contributed by atoms with Crippen molar-refractivity contribution in [2.24, 2.45) is 4.99 Å². The summed E-state index contributed by atoms with van der Waals surface area (Å²) in [6.07, 6.45) is 10.8. The maximum absolute atomic E-state index is 5.17. The molecule has 4 aromatic heterocycles. The van der Waals surface area contributed by atoms with Gasteiger partial charge in [-0.2, -0.15) is 0 Å². The lowest BCUT2D eigenvalue weighted by atomic mass is 9.95. The number of rotatable bonds is 6. The van der Waals surface area contributed by atoms with E-state index in [1.807, 2.05) is 36.7 Å². The zero-order valence-electron chi connectivity index (χ0n) is 24.1. The predicted octanol–water partition coefficient (Wildman–Crippen LogP) is 8.81. The molecular weight excluding hydrogens is 538 g/mol. The number of allylic oxidation sites excluding steroid dienone is 1. The maximum atomic E-state index is 5.17. The van der Waals surface area contributed by atoms with Crippen molar-refractivity contribution >= 4 is 38.4 Å². The quantitative estimate of drug-likeness (QED) is 0.149. The lowest BCUT2D eigenvalue weighted by molar-refractivity contribution is 0.614. The van der Waals surface area contributed by atoms with E-state index in [-0.39, 0.29) is 6.04 Å². The van der Waals surface area contributed by atoms with Gasteiger partial charge in [-0.15, -0.1) is 0 Å². The average Bonchev–Trinajstić information content (AvgIpc) is 3.10. The van der Waals surface area contributed by atoms with Crippen LogP contribution in [0.3, 0.4) is 0 Å². The fourth-order valence-electron chi connectivity index (χ4n) is 6.13. The van der Waals surface area contributed by atoms with Gasteiger partial charge < -0.3 is 0 Å². The van der Waals surface area contributed by atoms with E-state index in [9.17, 15) is 0 Å². The maximum Gasteiger partial charge on any atom is 0.0978 e. The molecule has 0 amide bonds. The summed E-state index contributed by atoms with van der Waals surface area (Å²) in [5, 5.41) is 3.32. The molecule has 0 N–H and O–H groups in total. The molecule has 0 radical (unpaired) electrons. The van der Waals surface area contributed by atoms with Crippen molar-refractivity contribution in [3.05, 3.63) is 145 Å². The number of fused-ring (bicyclic) bond motifs is 4. The first-order valence-electron chi connectivity index (χ1n) is 15.1. The van der Waals surface area contributed by atoms with Crippen LogP contribution >= 0.6 is 0 Å². The third-order valence-corrected chi connectivity index (χ3v) is 8.36. The second-order valence-electron chi connectivity index (χ2n) is 11.2. The fourth-order valence-corrected chi connectivity index (χ4v) is 6.13. The fraction of sp³-hybridized carbons (Fsp3) is 0.103. The van der Waals surface area contributed by atoms with E-state index in [1.54, 1.807) is 0 Å². The molecule has 0 spiro atoms. The molecule has 3 aromatic carbocycles. The molecule has 210 valence electrons. The van der Waals surface area contributed by atoms with E-state index in [0.29, 0.717) is 0 Å². The third-order valence-electron chi connectivity index (χ3n) is 8.36. The van der Waals surface area contributed by atoms with Gasteiger partial charge in [0.1, 0.15) is 0 Å². The molecule has 1 aliphatic rings. The molecule has 1 aliphatic heterocycles. The Balaban J connectivity index is 1.10. The summed E-state index contributed by atoms with van der Waals surface area (Å²) in [6.45, 7) is 0. The normalized spacial score (nSPS) is 14.7. The molecule has 7 aromatic rings. The van der Waals surface area contributed by atoms with Crippen LogP contribution in [-0.4, -0.2) is 31.7 Å². The Morgan fingerprint density at radius 1 is 0.636 bits per heavy atom. The molecule has 0 saturated heterocycles. The Bertz CT molecular complexity index is 2190. The first-order chi connectivity index (χ1) is 21.8. The SMILES string of the molecule is C1=CC(c2ccccn2)=NC(CCc2ccc(-c3ccc4ccc5c(-c6ccccc6)c6ccccc6nc5c4n3)cn2)C1. The van der Waals surface area contributed by atoms with Crippen molar-refractivity contribution in [1.82, 2.24) is 19.9 Å². The molecule has 0 fully saturated rings. The van der Waals surface area contributed by atoms with Gasteiger partial charge >= 0.3 is 0 Å². The smallest absolute Gasteiger partial charge is 0.0978 e. The molecule has 8 rings (SSSR count). The van der Waals surface area contributed by atoms with Crippen LogP contribution in [-0.2, 0) is 6.42 Å². The number of hydrogen-bond donors (Lipinski definition) is 0. The Hall–Kier alpha value is -5.55. The molecule has 1 unspecified atom stereocenters. The van der Waals surface area contributed by atoms with E-state index in [1.165, 1.54) is 11.1 Å². The van der Waals surface area contributed by atoms with Crippen LogP contribution in [0.2, 0.25) is 0 Å². The largest absolute Gasteiger partial charge is 0.279 e. The van der Waals surface area contributed by atoms with Crippen molar-refractivity contribution < 1.29 is 0 Å². The van der Waals surface area contributed by atoms with Crippen molar-refractivity contribution in [3.63, 3.8) is 0 Å². The summed E-state index contributed by atoms with van der Waals surface area (Å²) in [5.74, 6) is 0. The summed E-state index contributed by atoms with van der Waals surface area (Å²) >= 11 is 0. The Kier molecular flexibility index (Phi) is 6.69. The minimum absolute atomic E-state index is 0.235. The molecule has 5 heteroatoms. The van der Waals surface area contributed by atoms with Gasteiger partial charge in [0.05, 0.1) is 39.7 Å². The topological polar surface area (TPSA) is 63.9 Å². The van der Waals surface area contributed by atoms with Crippen molar-refractivity contribution in [2.45, 2.75) is 25.3 Å². The molecule has 5 nitrogen and oxygen atoms in total. The van der Waals surface area contributed by atoms with Crippen LogP contribution in [0.25, 0.3) is 55.1 Å². The van der Waals surface area contributed by atoms with Gasteiger partial charge in [-0.3, -0.25) is 15.0 Å². The minimum Gasteiger partial charge on any atom is -0.279 e. The predicted molar refractivity (Wildman–Crippen MR) is 180 cm³/mol. The summed E-state index contributed by atoms with van der Waals surface area (Å²) in [6, 6.07) is 37.9. The summed E-state index contributed by atoms with van der Waals surface area (Å²) in [5.41, 5.74) is 9.97. The van der Waals surface area contributed by atoms with Gasteiger partial charge in [0.15, 0.2) is 0 Å². The minimum atomic E-state index is 0.235. The zero-order valence-corrected chi connectivity index (χ0v) is 24.1. The second-order valence-corrected chi connectivity index (χ2v) is 11.2. The van der Waals surface area contributed by atoms with Gasteiger partial charge in [-0.25, -0.2) is 9.97 Å². The highest BCUT2D eigenvalue weighted by Crippen LogP contribution is 2.37. The third kappa shape index (κ3) is 4.92. The van der Waals surface area contributed by atoms with Crippen LogP contribution in [0.15, 0.2) is 139 Å². The van der Waals surface area contributed by atoms with Crippen LogP contribution < -0.4 is 0 Å². The highest BCUT2D eigenvalue weighted by Gasteiger charge is 2.16. The molecule has 5 heterocycles. The monoisotopic (exact) mass is 567 g/mol. The van der Waals surface area contributed by atoms with Crippen molar-refractivity contribution in [2.75, 3.05) is 0 Å². The van der Waals surface area contributed by atoms with E-state index >= 15 is 0 Å². The van der Waals surface area contributed by atoms with Crippen LogP contribution in [0.4, 0.5) is 0 Å². The number of aromatic nitrogens is 4. The number of benzene rings is 3. The van der Waals surface area contributed by atoms with Gasteiger partial charge in [0.2, 0.25) is 0 Å². The highest BCUT2D eigenvalue weighted by atomic mass is 14.8. The van der Waals surface area contributed by atoms with Gasteiger partial charge in [-0.1, -0.05) is 78.9 Å². The number of dihydropyridines is 1. The van der Waals surface area contributed by atoms with Crippen LogP contribution in [0, 0.1) is 0 Å². The Morgan fingerprint density at radius 2 is 1.50 bits per heavy atom. The van der Waals surface area contributed by atoms with Crippen LogP contribution in [0.5, 0.6) is 0 Å². The summed E-state index contributed by atoms with van der Waals surface area (Å²) in [7, 11) is 0. The Labute approximate surface area is 255 Å². The summed E-state index contributed by atoms with van der Waals surface area (Å²) < 4.78 is 0. The molecule has 44 heavy (non-hydrogen) atoms. The number of aryl methyl sites for hydroxylation is 1. The van der Waals surface area contributed by atoms with Crippen molar-refractivity contribution in [3.8, 4) is 22.4 Å². The standard InChI is InChI=1S/C39H29N5/c1-2-9-26(10-3-1)37-31-12-4-5-13-34(31)44-39-32(37)22-17-27-18-23-33(43-38(27)39)28-16-19-29(41-25-28)20-21-30-11-8-15-36(42-30)35-14-6-7-24-40-35/h1-10,12-19,22-25,30H,11,20-21H2.